The van der Waals surface area contributed by atoms with Gasteiger partial charge < -0.3 is 15.4 Å². The Morgan fingerprint density at radius 1 is 1.44 bits per heavy atom. The first kappa shape index (κ1) is 12.9. The van der Waals surface area contributed by atoms with Gasteiger partial charge in [-0.1, -0.05) is 0 Å². The summed E-state index contributed by atoms with van der Waals surface area (Å²) >= 11 is 0. The number of amides is 1. The molecule has 0 heterocycles. The third-order valence-electron chi connectivity index (χ3n) is 2.32. The lowest BCUT2D eigenvalue weighted by atomic mass is 10.4. The maximum atomic E-state index is 11.1. The number of carbonyl (C=O) groups excluding carboxylic acids is 1. The molecule has 0 saturated heterocycles. The van der Waals surface area contributed by atoms with Crippen LogP contribution in [0, 0.1) is 17.2 Å². The summed E-state index contributed by atoms with van der Waals surface area (Å²) in [5.41, 5.74) is 0. The fraction of sp³-hybridized carbons (Fsp3) is 0.818. The number of rotatable bonds is 9. The summed E-state index contributed by atoms with van der Waals surface area (Å²) in [5, 5.41) is 13.9. The molecule has 1 saturated carbocycles. The van der Waals surface area contributed by atoms with Crippen LogP contribution in [0.5, 0.6) is 0 Å². The van der Waals surface area contributed by atoms with E-state index in [0.29, 0.717) is 26.1 Å². The third-order valence-corrected chi connectivity index (χ3v) is 2.32. The summed E-state index contributed by atoms with van der Waals surface area (Å²) in [6, 6.07) is 1.97. The van der Waals surface area contributed by atoms with E-state index in [2.05, 4.69) is 10.6 Å². The molecule has 0 unspecified atom stereocenters. The third kappa shape index (κ3) is 7.21. The van der Waals surface area contributed by atoms with Crippen molar-refractivity contribution in [2.75, 3.05) is 32.8 Å². The number of carbonyl (C=O) groups is 1. The molecule has 1 fully saturated rings. The van der Waals surface area contributed by atoms with Gasteiger partial charge in [-0.15, -0.1) is 0 Å². The van der Waals surface area contributed by atoms with Crippen LogP contribution in [0.2, 0.25) is 0 Å². The first-order valence-corrected chi connectivity index (χ1v) is 5.75. The average Bonchev–Trinajstić information content (AvgIpc) is 3.07. The van der Waals surface area contributed by atoms with E-state index in [1.165, 1.54) is 12.8 Å². The van der Waals surface area contributed by atoms with Crippen LogP contribution in [0.1, 0.15) is 19.3 Å². The van der Waals surface area contributed by atoms with Gasteiger partial charge in [-0.25, -0.2) is 0 Å². The number of ether oxygens (including phenoxy) is 1. The maximum Gasteiger partial charge on any atom is 0.233 e. The number of hydrogen-bond donors (Lipinski definition) is 2. The normalized spacial score (nSPS) is 14.4. The van der Waals surface area contributed by atoms with Crippen molar-refractivity contribution in [3.05, 3.63) is 0 Å². The first-order chi connectivity index (χ1) is 7.83. The minimum Gasteiger partial charge on any atom is -0.380 e. The molecular weight excluding hydrogens is 206 g/mol. The monoisotopic (exact) mass is 225 g/mol. The van der Waals surface area contributed by atoms with Crippen LogP contribution in [-0.2, 0) is 9.53 Å². The predicted octanol–water partition coefficient (Wildman–Crippen LogP) is 0.0325. The Hall–Kier alpha value is -1.12. The van der Waals surface area contributed by atoms with Crippen molar-refractivity contribution >= 4 is 5.91 Å². The quantitative estimate of drug-likeness (QED) is 0.543. The molecule has 5 nitrogen and oxygen atoms in total. The van der Waals surface area contributed by atoms with Crippen molar-refractivity contribution in [1.82, 2.24) is 10.6 Å². The van der Waals surface area contributed by atoms with Gasteiger partial charge in [-0.05, 0) is 18.8 Å². The van der Waals surface area contributed by atoms with E-state index in [-0.39, 0.29) is 12.5 Å². The van der Waals surface area contributed by atoms with E-state index in [4.69, 9.17) is 10.00 Å². The van der Waals surface area contributed by atoms with E-state index < -0.39 is 0 Å². The molecule has 1 aliphatic carbocycles. The molecule has 1 aliphatic rings. The van der Waals surface area contributed by atoms with E-state index in [1.54, 1.807) is 0 Å². The van der Waals surface area contributed by atoms with Gasteiger partial charge in [-0.3, -0.25) is 4.79 Å². The predicted molar refractivity (Wildman–Crippen MR) is 59.7 cm³/mol. The lowest BCUT2D eigenvalue weighted by molar-refractivity contribution is -0.120. The highest BCUT2D eigenvalue weighted by molar-refractivity contribution is 5.77. The summed E-state index contributed by atoms with van der Waals surface area (Å²) in [7, 11) is 0. The molecule has 0 aromatic rings. The highest BCUT2D eigenvalue weighted by Gasteiger charge is 2.20. The Morgan fingerprint density at radius 2 is 2.25 bits per heavy atom. The zero-order chi connectivity index (χ0) is 11.6. The van der Waals surface area contributed by atoms with E-state index in [0.717, 1.165) is 12.5 Å². The molecule has 1 rings (SSSR count). The second kappa shape index (κ2) is 8.08. The minimum atomic E-state index is -0.0718. The highest BCUT2D eigenvalue weighted by atomic mass is 16.5. The molecule has 90 valence electrons. The van der Waals surface area contributed by atoms with Crippen molar-refractivity contribution in [3.63, 3.8) is 0 Å². The van der Waals surface area contributed by atoms with Crippen LogP contribution in [0.15, 0.2) is 0 Å². The molecule has 0 aromatic carbocycles. The molecule has 0 radical (unpaired) electrons. The standard InChI is InChI=1S/C11H19N3O2/c12-4-1-5-14-11(15)8-13-6-7-16-9-10-2-3-10/h10,13H,1-3,5-9H2,(H,14,15). The number of hydrogen-bond acceptors (Lipinski definition) is 4. The minimum absolute atomic E-state index is 0.0718. The van der Waals surface area contributed by atoms with Crippen LogP contribution in [0.25, 0.3) is 0 Å². The Kier molecular flexibility index (Phi) is 6.54. The van der Waals surface area contributed by atoms with Gasteiger partial charge in [0.1, 0.15) is 0 Å². The lowest BCUT2D eigenvalue weighted by Gasteiger charge is -2.05. The topological polar surface area (TPSA) is 74.2 Å². The molecule has 0 aliphatic heterocycles. The smallest absolute Gasteiger partial charge is 0.233 e. The summed E-state index contributed by atoms with van der Waals surface area (Å²) in [6.07, 6.45) is 2.96. The molecule has 0 bridgehead atoms. The number of nitrogens with one attached hydrogen (secondary N) is 2. The molecule has 2 N–H and O–H groups in total. The van der Waals surface area contributed by atoms with Crippen molar-refractivity contribution in [3.8, 4) is 6.07 Å². The zero-order valence-corrected chi connectivity index (χ0v) is 9.50. The van der Waals surface area contributed by atoms with Crippen molar-refractivity contribution in [2.45, 2.75) is 19.3 Å². The number of nitriles is 1. The van der Waals surface area contributed by atoms with Crippen LogP contribution >= 0.6 is 0 Å². The largest absolute Gasteiger partial charge is 0.380 e. The van der Waals surface area contributed by atoms with Gasteiger partial charge in [0, 0.05) is 19.7 Å². The van der Waals surface area contributed by atoms with E-state index in [9.17, 15) is 4.79 Å². The fourth-order valence-electron chi connectivity index (χ4n) is 1.20. The van der Waals surface area contributed by atoms with Crippen LogP contribution < -0.4 is 10.6 Å². The summed E-state index contributed by atoms with van der Waals surface area (Å²) in [4.78, 5) is 11.1. The van der Waals surface area contributed by atoms with Crippen molar-refractivity contribution in [1.29, 1.82) is 5.26 Å². The van der Waals surface area contributed by atoms with Gasteiger partial charge in [0.2, 0.25) is 5.91 Å². The van der Waals surface area contributed by atoms with Crippen molar-refractivity contribution < 1.29 is 9.53 Å². The molecular formula is C11H19N3O2. The van der Waals surface area contributed by atoms with Crippen LogP contribution in [0.3, 0.4) is 0 Å². The summed E-state index contributed by atoms with van der Waals surface area (Å²) in [6.45, 7) is 2.92. The van der Waals surface area contributed by atoms with Gasteiger partial charge >= 0.3 is 0 Å². The van der Waals surface area contributed by atoms with Crippen LogP contribution in [0.4, 0.5) is 0 Å². The maximum absolute atomic E-state index is 11.1. The first-order valence-electron chi connectivity index (χ1n) is 5.75. The number of nitrogens with zero attached hydrogens (tertiary/aromatic N) is 1. The molecule has 0 aromatic heterocycles. The van der Waals surface area contributed by atoms with Gasteiger partial charge in [0.05, 0.1) is 25.6 Å². The molecule has 0 atom stereocenters. The van der Waals surface area contributed by atoms with E-state index in [1.807, 2.05) is 6.07 Å². The van der Waals surface area contributed by atoms with Gasteiger partial charge in [-0.2, -0.15) is 5.26 Å². The Labute approximate surface area is 96.2 Å². The van der Waals surface area contributed by atoms with Gasteiger partial charge in [0.25, 0.3) is 0 Å². The molecule has 0 spiro atoms. The Bertz CT molecular complexity index is 246. The second-order valence-electron chi connectivity index (χ2n) is 3.95. The Morgan fingerprint density at radius 3 is 2.94 bits per heavy atom. The summed E-state index contributed by atoms with van der Waals surface area (Å²) in [5.74, 6) is 0.715. The SMILES string of the molecule is N#CCCNC(=O)CNCCOCC1CC1. The van der Waals surface area contributed by atoms with Crippen molar-refractivity contribution in [2.24, 2.45) is 5.92 Å². The molecule has 1 amide bonds. The Balaban J connectivity index is 1.78. The lowest BCUT2D eigenvalue weighted by Crippen LogP contribution is -2.35. The summed E-state index contributed by atoms with van der Waals surface area (Å²) < 4.78 is 5.40. The highest BCUT2D eigenvalue weighted by Crippen LogP contribution is 2.28. The average molecular weight is 225 g/mol. The second-order valence-corrected chi connectivity index (χ2v) is 3.95. The van der Waals surface area contributed by atoms with E-state index >= 15 is 0 Å². The fourth-order valence-corrected chi connectivity index (χ4v) is 1.20. The molecule has 16 heavy (non-hydrogen) atoms. The van der Waals surface area contributed by atoms with Gasteiger partial charge in [0.15, 0.2) is 0 Å². The zero-order valence-electron chi connectivity index (χ0n) is 9.50. The molecule has 5 heteroatoms. The van der Waals surface area contributed by atoms with Crippen LogP contribution in [-0.4, -0.2) is 38.8 Å².